The Kier molecular flexibility index (Phi) is 7.13. The van der Waals surface area contributed by atoms with Crippen LogP contribution in [0.1, 0.15) is 16.7 Å². The van der Waals surface area contributed by atoms with Gasteiger partial charge in [-0.15, -0.1) is 0 Å². The molecule has 0 saturated carbocycles. The fourth-order valence-corrected chi connectivity index (χ4v) is 7.57. The molecule has 0 radical (unpaired) electrons. The Morgan fingerprint density at radius 2 is 1.33 bits per heavy atom. The van der Waals surface area contributed by atoms with Gasteiger partial charge in [-0.1, -0.05) is 55.8 Å². The molecular weight excluding hydrogens is 683 g/mol. The second-order valence-electron chi connectivity index (χ2n) is 6.27. The molecule has 1 N–H and O–H groups in total. The third-order valence-corrected chi connectivity index (χ3v) is 8.90. The predicted octanol–water partition coefficient (Wildman–Crippen LogP) is 2.53. The topological polar surface area (TPSA) is 86.7 Å². The van der Waals surface area contributed by atoms with Crippen LogP contribution in [0.3, 0.4) is 0 Å². The number of phenolic OH excluding ortho intramolecular Hbond substituents is 1. The molecular formula is C19H9Br4NaO5S. The monoisotopic (exact) mass is 688 g/mol. The van der Waals surface area contributed by atoms with Crippen LogP contribution < -0.4 is 38.8 Å². The van der Waals surface area contributed by atoms with Crippen LogP contribution in [0.15, 0.2) is 66.4 Å². The van der Waals surface area contributed by atoms with E-state index >= 15 is 0 Å². The van der Waals surface area contributed by atoms with E-state index in [1.807, 2.05) is 0 Å². The van der Waals surface area contributed by atoms with Gasteiger partial charge in [-0.2, -0.15) is 8.42 Å². The standard InChI is InChI=1S/C19H10Br4O5S.Na/c20-12-5-9(6-13(21)17(12)24)19(10-7-14(22)18(25)15(23)8-10)11-3-1-2-4-16(11)28-29(19,26)27;/h1-8,24-25H;/q;+1/p-1. The van der Waals surface area contributed by atoms with Crippen LogP contribution in [0.2, 0.25) is 0 Å². The normalized spacial score (nSPS) is 18.9. The number of benzene rings is 3. The van der Waals surface area contributed by atoms with Crippen LogP contribution >= 0.6 is 63.7 Å². The first-order chi connectivity index (χ1) is 13.6. The Morgan fingerprint density at radius 1 is 0.867 bits per heavy atom. The Bertz CT molecular complexity index is 1180. The van der Waals surface area contributed by atoms with Crippen molar-refractivity contribution in [2.45, 2.75) is 4.75 Å². The van der Waals surface area contributed by atoms with Crippen molar-refractivity contribution < 1.29 is 52.4 Å². The summed E-state index contributed by atoms with van der Waals surface area (Å²) in [5, 5.41) is 22.4. The van der Waals surface area contributed by atoms with Crippen molar-refractivity contribution in [2.24, 2.45) is 0 Å². The van der Waals surface area contributed by atoms with Crippen LogP contribution in [-0.2, 0) is 14.9 Å². The quantitative estimate of drug-likeness (QED) is 0.330. The average Bonchev–Trinajstić information content (AvgIpc) is 2.90. The SMILES string of the molecule is O=S1(=O)Oc2ccccc2C1(c1cc(Br)c([O-])c(Br)c1)c1cc(Br)c(O)c(Br)c1.[Na+]. The number of hydrogen-bond acceptors (Lipinski definition) is 5. The molecule has 11 heteroatoms. The molecule has 3 aromatic carbocycles. The Morgan fingerprint density at radius 3 is 1.87 bits per heavy atom. The predicted molar refractivity (Wildman–Crippen MR) is 121 cm³/mol. The Labute approximate surface area is 228 Å². The molecule has 30 heavy (non-hydrogen) atoms. The molecule has 0 bridgehead atoms. The van der Waals surface area contributed by atoms with Gasteiger partial charge >= 0.3 is 39.7 Å². The maximum absolute atomic E-state index is 13.5. The van der Waals surface area contributed by atoms with Crippen molar-refractivity contribution >= 4 is 73.8 Å². The molecule has 0 aliphatic carbocycles. The summed E-state index contributed by atoms with van der Waals surface area (Å²) >= 11 is 13.0. The number of para-hydroxylation sites is 1. The van der Waals surface area contributed by atoms with E-state index in [0.717, 1.165) is 0 Å². The van der Waals surface area contributed by atoms with Gasteiger partial charge in [0, 0.05) is 14.5 Å². The van der Waals surface area contributed by atoms with Crippen molar-refractivity contribution in [3.05, 3.63) is 83.1 Å². The van der Waals surface area contributed by atoms with E-state index in [1.54, 1.807) is 24.3 Å². The van der Waals surface area contributed by atoms with Crippen molar-refractivity contribution in [1.29, 1.82) is 0 Å². The summed E-state index contributed by atoms with van der Waals surface area (Å²) in [6, 6.07) is 12.6. The summed E-state index contributed by atoms with van der Waals surface area (Å²) in [5.41, 5.74) is 1.05. The van der Waals surface area contributed by atoms with Crippen LogP contribution in [0, 0.1) is 0 Å². The van der Waals surface area contributed by atoms with E-state index in [9.17, 15) is 18.6 Å². The molecule has 3 aromatic rings. The van der Waals surface area contributed by atoms with E-state index < -0.39 is 14.9 Å². The van der Waals surface area contributed by atoms with Gasteiger partial charge in [0.1, 0.15) is 11.5 Å². The molecule has 0 aromatic heterocycles. The number of rotatable bonds is 2. The number of aromatic hydroxyl groups is 1. The van der Waals surface area contributed by atoms with Gasteiger partial charge in [0.05, 0.1) is 8.95 Å². The van der Waals surface area contributed by atoms with Gasteiger partial charge in [-0.3, -0.25) is 0 Å². The van der Waals surface area contributed by atoms with E-state index in [4.69, 9.17) is 4.18 Å². The summed E-state index contributed by atoms with van der Waals surface area (Å²) < 4.78 is 31.7. The first-order valence-corrected chi connectivity index (χ1v) is 12.6. The minimum absolute atomic E-state index is 0. The Balaban J connectivity index is 0.00000256. The zero-order valence-corrected chi connectivity index (χ0v) is 24.3. The second kappa shape index (κ2) is 8.70. The summed E-state index contributed by atoms with van der Waals surface area (Å²) in [6.07, 6.45) is 0. The van der Waals surface area contributed by atoms with Crippen molar-refractivity contribution in [3.8, 4) is 17.2 Å². The van der Waals surface area contributed by atoms with Crippen molar-refractivity contribution in [2.75, 3.05) is 0 Å². The number of fused-ring (bicyclic) bond motifs is 1. The molecule has 4 rings (SSSR count). The number of halogens is 4. The first-order valence-electron chi connectivity index (χ1n) is 7.98. The fraction of sp³-hybridized carbons (Fsp3) is 0.0526. The zero-order valence-electron chi connectivity index (χ0n) is 15.1. The van der Waals surface area contributed by atoms with Gasteiger partial charge in [-0.25, -0.2) is 0 Å². The van der Waals surface area contributed by atoms with E-state index in [-0.39, 0.29) is 55.8 Å². The van der Waals surface area contributed by atoms with Crippen LogP contribution in [-0.4, -0.2) is 13.5 Å². The minimum atomic E-state index is -4.27. The van der Waals surface area contributed by atoms with Gasteiger partial charge in [0.2, 0.25) is 0 Å². The maximum Gasteiger partial charge on any atom is 1.00 e. The molecule has 150 valence electrons. The molecule has 1 unspecified atom stereocenters. The van der Waals surface area contributed by atoms with E-state index in [0.29, 0.717) is 25.6 Å². The molecule has 5 nitrogen and oxygen atoms in total. The summed E-state index contributed by atoms with van der Waals surface area (Å²) in [6.45, 7) is 0. The van der Waals surface area contributed by atoms with Crippen molar-refractivity contribution in [3.63, 3.8) is 0 Å². The molecule has 0 saturated heterocycles. The van der Waals surface area contributed by atoms with E-state index in [2.05, 4.69) is 63.7 Å². The van der Waals surface area contributed by atoms with E-state index in [1.165, 1.54) is 24.3 Å². The molecule has 1 aliphatic heterocycles. The molecule has 1 heterocycles. The van der Waals surface area contributed by atoms with Crippen LogP contribution in [0.4, 0.5) is 0 Å². The third-order valence-electron chi connectivity index (χ3n) is 4.67. The third kappa shape index (κ3) is 3.61. The second-order valence-corrected chi connectivity index (χ2v) is 11.4. The smallest absolute Gasteiger partial charge is 0.871 e. The minimum Gasteiger partial charge on any atom is -0.871 e. The van der Waals surface area contributed by atoms with Gasteiger partial charge in [0.25, 0.3) is 0 Å². The average molecular weight is 692 g/mol. The fourth-order valence-electron chi connectivity index (χ4n) is 3.44. The first kappa shape index (κ1) is 24.6. The maximum atomic E-state index is 13.5. The van der Waals surface area contributed by atoms with Crippen LogP contribution in [0.25, 0.3) is 0 Å². The largest absolute Gasteiger partial charge is 1.00 e. The molecule has 1 atom stereocenters. The van der Waals surface area contributed by atoms with Gasteiger partial charge < -0.3 is 14.4 Å². The number of phenols is 1. The summed E-state index contributed by atoms with van der Waals surface area (Å²) in [5.74, 6) is -0.168. The molecule has 0 spiro atoms. The van der Waals surface area contributed by atoms with Gasteiger partial charge in [0.15, 0.2) is 4.75 Å². The van der Waals surface area contributed by atoms with Gasteiger partial charge in [-0.05, 0) is 73.3 Å². The summed E-state index contributed by atoms with van der Waals surface area (Å²) in [4.78, 5) is 0. The summed E-state index contributed by atoms with van der Waals surface area (Å²) in [7, 11) is -4.27. The Hall–Kier alpha value is -0.0700. The zero-order chi connectivity index (χ0) is 21.1. The molecule has 0 amide bonds. The number of hydrogen-bond donors (Lipinski definition) is 1. The van der Waals surface area contributed by atoms with Crippen molar-refractivity contribution in [1.82, 2.24) is 0 Å². The molecule has 0 fully saturated rings. The molecule has 1 aliphatic rings. The van der Waals surface area contributed by atoms with Crippen LogP contribution in [0.5, 0.6) is 17.2 Å².